The van der Waals surface area contributed by atoms with E-state index in [0.717, 1.165) is 59.7 Å². The van der Waals surface area contributed by atoms with Crippen LogP contribution in [0.25, 0.3) is 33.3 Å². The zero-order valence-electron chi connectivity index (χ0n) is 16.1. The van der Waals surface area contributed by atoms with Crippen molar-refractivity contribution >= 4 is 28.2 Å². The number of aromatic amines is 1. The molecule has 1 aliphatic rings. The van der Waals surface area contributed by atoms with E-state index in [4.69, 9.17) is 14.7 Å². The molecule has 1 N–H and O–H groups in total. The highest BCUT2D eigenvalue weighted by Crippen LogP contribution is 2.31. The van der Waals surface area contributed by atoms with Gasteiger partial charge in [0.15, 0.2) is 11.5 Å². The highest BCUT2D eigenvalue weighted by atomic mass is 16.5. The second-order valence-electron chi connectivity index (χ2n) is 7.28. The van der Waals surface area contributed by atoms with Crippen molar-refractivity contribution in [3.8, 4) is 17.3 Å². The molecular formula is C20H21N7O2. The predicted octanol–water partition coefficient (Wildman–Crippen LogP) is 1.95. The minimum atomic E-state index is 0.0498. The number of carbonyl (C=O) groups excluding carboxylic acids is 1. The molecule has 0 spiro atoms. The lowest BCUT2D eigenvalue weighted by atomic mass is 10.1. The van der Waals surface area contributed by atoms with Gasteiger partial charge in [-0.15, -0.1) is 0 Å². The number of hydrogen-bond donors (Lipinski definition) is 1. The number of aryl methyl sites for hydroxylation is 1. The second-order valence-corrected chi connectivity index (χ2v) is 7.28. The van der Waals surface area contributed by atoms with Crippen LogP contribution in [0.2, 0.25) is 0 Å². The van der Waals surface area contributed by atoms with Crippen LogP contribution < -0.4 is 4.74 Å². The summed E-state index contributed by atoms with van der Waals surface area (Å²) in [6, 6.07) is 5.91. The largest absolute Gasteiger partial charge is 0.474 e. The Labute approximate surface area is 166 Å². The fourth-order valence-electron chi connectivity index (χ4n) is 3.84. The molecule has 4 heterocycles. The van der Waals surface area contributed by atoms with Gasteiger partial charge in [0.2, 0.25) is 5.88 Å². The molecule has 0 unspecified atom stereocenters. The molecule has 148 valence electrons. The molecule has 29 heavy (non-hydrogen) atoms. The summed E-state index contributed by atoms with van der Waals surface area (Å²) in [4.78, 5) is 22.4. The van der Waals surface area contributed by atoms with Crippen molar-refractivity contribution in [3.05, 3.63) is 30.6 Å². The molecule has 1 fully saturated rings. The zero-order valence-corrected chi connectivity index (χ0v) is 16.1. The average Bonchev–Trinajstić information content (AvgIpc) is 3.36. The number of hydrogen-bond acceptors (Lipinski definition) is 7. The number of carbonyl (C=O) groups is 1. The van der Waals surface area contributed by atoms with Crippen LogP contribution in [0, 0.1) is 0 Å². The molecule has 0 bridgehead atoms. The fourth-order valence-corrected chi connectivity index (χ4v) is 3.84. The third kappa shape index (κ3) is 3.23. The van der Waals surface area contributed by atoms with Gasteiger partial charge in [-0.25, -0.2) is 4.98 Å². The number of ether oxygens (including phenoxy) is 1. The number of benzene rings is 1. The van der Waals surface area contributed by atoms with Gasteiger partial charge in [0.1, 0.15) is 17.8 Å². The van der Waals surface area contributed by atoms with E-state index >= 15 is 0 Å². The first-order valence-corrected chi connectivity index (χ1v) is 9.68. The minimum Gasteiger partial charge on any atom is -0.474 e. The van der Waals surface area contributed by atoms with E-state index in [-0.39, 0.29) is 6.10 Å². The van der Waals surface area contributed by atoms with Crippen molar-refractivity contribution in [2.45, 2.75) is 18.9 Å². The zero-order chi connectivity index (χ0) is 19.8. The van der Waals surface area contributed by atoms with Gasteiger partial charge < -0.3 is 9.53 Å². The smallest absolute Gasteiger partial charge is 0.228 e. The van der Waals surface area contributed by atoms with Crippen LogP contribution in [0.15, 0.2) is 30.6 Å². The summed E-state index contributed by atoms with van der Waals surface area (Å²) in [5.74, 6) is 1.13. The molecule has 1 aliphatic heterocycles. The van der Waals surface area contributed by atoms with E-state index in [1.54, 1.807) is 17.1 Å². The molecule has 0 aliphatic carbocycles. The summed E-state index contributed by atoms with van der Waals surface area (Å²) < 4.78 is 8.05. The van der Waals surface area contributed by atoms with Crippen molar-refractivity contribution in [1.29, 1.82) is 0 Å². The standard InChI is InChI=1S/C20H21N7O2/c1-26-19-16(12-22-26)20(29-13-5-7-27(8-6-13)9-10-28)24-18(23-19)14-3-2-4-17-15(14)11-21-25-17/h2-4,10-13H,5-9H2,1H3,(H,21,25). The normalized spacial score (nSPS) is 15.9. The van der Waals surface area contributed by atoms with E-state index in [9.17, 15) is 4.79 Å². The molecule has 0 radical (unpaired) electrons. The number of fused-ring (bicyclic) bond motifs is 2. The third-order valence-electron chi connectivity index (χ3n) is 5.43. The Balaban J connectivity index is 1.52. The lowest BCUT2D eigenvalue weighted by Gasteiger charge is -2.30. The molecule has 3 aromatic heterocycles. The van der Waals surface area contributed by atoms with E-state index in [0.29, 0.717) is 18.2 Å². The lowest BCUT2D eigenvalue weighted by Crippen LogP contribution is -2.39. The number of aldehydes is 1. The quantitative estimate of drug-likeness (QED) is 0.519. The van der Waals surface area contributed by atoms with E-state index in [2.05, 4.69) is 20.2 Å². The first-order valence-electron chi connectivity index (χ1n) is 9.68. The molecule has 0 saturated carbocycles. The maximum atomic E-state index is 10.7. The number of piperidine rings is 1. The Kier molecular flexibility index (Phi) is 4.44. The van der Waals surface area contributed by atoms with Gasteiger partial charge in [-0.2, -0.15) is 15.2 Å². The highest BCUT2D eigenvalue weighted by Gasteiger charge is 2.23. The SMILES string of the molecule is Cn1ncc2c(OC3CCN(CC=O)CC3)nc(-c3cccc4[nH]ncc34)nc21. The summed E-state index contributed by atoms with van der Waals surface area (Å²) in [5, 5.41) is 13.2. The Morgan fingerprint density at radius 3 is 2.90 bits per heavy atom. The third-order valence-corrected chi connectivity index (χ3v) is 5.43. The number of nitrogens with zero attached hydrogens (tertiary/aromatic N) is 6. The summed E-state index contributed by atoms with van der Waals surface area (Å²) in [5.41, 5.74) is 2.55. The second kappa shape index (κ2) is 7.25. The lowest BCUT2D eigenvalue weighted by molar-refractivity contribution is -0.109. The van der Waals surface area contributed by atoms with Gasteiger partial charge >= 0.3 is 0 Å². The van der Waals surface area contributed by atoms with Crippen LogP contribution in [0.5, 0.6) is 5.88 Å². The van der Waals surface area contributed by atoms with Crippen LogP contribution in [0.3, 0.4) is 0 Å². The number of H-pyrrole nitrogens is 1. The van der Waals surface area contributed by atoms with Gasteiger partial charge in [0, 0.05) is 31.1 Å². The maximum Gasteiger partial charge on any atom is 0.228 e. The summed E-state index contributed by atoms with van der Waals surface area (Å²) in [6.45, 7) is 2.16. The Morgan fingerprint density at radius 1 is 1.21 bits per heavy atom. The molecule has 4 aromatic rings. The summed E-state index contributed by atoms with van der Waals surface area (Å²) in [6.07, 6.45) is 6.24. The Morgan fingerprint density at radius 2 is 2.07 bits per heavy atom. The van der Waals surface area contributed by atoms with Gasteiger partial charge in [-0.05, 0) is 18.9 Å². The van der Waals surface area contributed by atoms with Crippen molar-refractivity contribution in [2.75, 3.05) is 19.6 Å². The summed E-state index contributed by atoms with van der Waals surface area (Å²) >= 11 is 0. The van der Waals surface area contributed by atoms with Gasteiger partial charge in [0.25, 0.3) is 0 Å². The van der Waals surface area contributed by atoms with Crippen molar-refractivity contribution < 1.29 is 9.53 Å². The molecule has 9 nitrogen and oxygen atoms in total. The molecule has 5 rings (SSSR count). The van der Waals surface area contributed by atoms with Gasteiger partial charge in [-0.3, -0.25) is 14.7 Å². The molecule has 0 atom stereocenters. The minimum absolute atomic E-state index is 0.0498. The number of nitrogens with one attached hydrogen (secondary N) is 1. The number of likely N-dealkylation sites (tertiary alicyclic amines) is 1. The first-order chi connectivity index (χ1) is 14.2. The van der Waals surface area contributed by atoms with Crippen molar-refractivity contribution in [3.63, 3.8) is 0 Å². The van der Waals surface area contributed by atoms with Gasteiger partial charge in [-0.1, -0.05) is 12.1 Å². The van der Waals surface area contributed by atoms with E-state index in [1.165, 1.54) is 0 Å². The summed E-state index contributed by atoms with van der Waals surface area (Å²) in [7, 11) is 1.86. The van der Waals surface area contributed by atoms with Crippen LogP contribution in [0.4, 0.5) is 0 Å². The average molecular weight is 391 g/mol. The Hall–Kier alpha value is -3.33. The van der Waals surface area contributed by atoms with Crippen molar-refractivity contribution in [1.82, 2.24) is 34.8 Å². The number of aromatic nitrogens is 6. The maximum absolute atomic E-state index is 10.7. The molecule has 1 saturated heterocycles. The molecule has 9 heteroatoms. The van der Waals surface area contributed by atoms with Crippen molar-refractivity contribution in [2.24, 2.45) is 7.05 Å². The highest BCUT2D eigenvalue weighted by molar-refractivity contribution is 5.93. The topological polar surface area (TPSA) is 102 Å². The van der Waals surface area contributed by atoms with Crippen LogP contribution in [-0.4, -0.2) is 66.9 Å². The van der Waals surface area contributed by atoms with E-state index in [1.807, 2.05) is 25.2 Å². The van der Waals surface area contributed by atoms with E-state index < -0.39 is 0 Å². The molecule has 1 aromatic carbocycles. The fraction of sp³-hybridized carbons (Fsp3) is 0.350. The van der Waals surface area contributed by atoms with Gasteiger partial charge in [0.05, 0.1) is 24.5 Å². The molecule has 0 amide bonds. The monoisotopic (exact) mass is 391 g/mol. The first kappa shape index (κ1) is 17.7. The number of rotatable bonds is 5. The predicted molar refractivity (Wildman–Crippen MR) is 108 cm³/mol. The molecular weight excluding hydrogens is 370 g/mol. The Bertz CT molecular complexity index is 1170. The van der Waals surface area contributed by atoms with Crippen LogP contribution in [-0.2, 0) is 11.8 Å². The van der Waals surface area contributed by atoms with Crippen LogP contribution in [0.1, 0.15) is 12.8 Å². The van der Waals surface area contributed by atoms with Crippen LogP contribution >= 0.6 is 0 Å².